The maximum atomic E-state index is 12.3. The second kappa shape index (κ2) is 8.57. The van der Waals surface area contributed by atoms with Gasteiger partial charge in [0.05, 0.1) is 5.60 Å². The van der Waals surface area contributed by atoms with Gasteiger partial charge in [-0.05, 0) is 56.8 Å². The van der Waals surface area contributed by atoms with Crippen LogP contribution in [0, 0.1) is 0 Å². The average Bonchev–Trinajstić information content (AvgIpc) is 2.43. The number of amides is 1. The van der Waals surface area contributed by atoms with Gasteiger partial charge in [-0.25, -0.2) is 4.79 Å². The van der Waals surface area contributed by atoms with Crippen LogP contribution in [-0.2, 0) is 9.53 Å². The van der Waals surface area contributed by atoms with E-state index in [0.717, 1.165) is 12.1 Å². The molecule has 0 heterocycles. The van der Waals surface area contributed by atoms with Crippen molar-refractivity contribution in [1.82, 2.24) is 5.32 Å². The number of halogens is 3. The molecule has 5 nitrogen and oxygen atoms in total. The van der Waals surface area contributed by atoms with Crippen molar-refractivity contribution in [2.75, 3.05) is 6.61 Å². The number of thioether (sulfide) groups is 1. The Bertz CT molecular complexity index is 597. The first-order valence-electron chi connectivity index (χ1n) is 7.41. The number of carboxylic acids is 1. The van der Waals surface area contributed by atoms with Gasteiger partial charge >= 0.3 is 11.5 Å². The Kier molecular flexibility index (Phi) is 7.30. The lowest BCUT2D eigenvalue weighted by Gasteiger charge is -2.21. The summed E-state index contributed by atoms with van der Waals surface area (Å²) < 4.78 is 42.2. The van der Waals surface area contributed by atoms with E-state index in [0.29, 0.717) is 0 Å². The van der Waals surface area contributed by atoms with Crippen LogP contribution in [0.5, 0.6) is 0 Å². The van der Waals surface area contributed by atoms with Crippen LogP contribution in [0.25, 0.3) is 0 Å². The van der Waals surface area contributed by atoms with Crippen molar-refractivity contribution in [3.63, 3.8) is 0 Å². The zero-order valence-corrected chi connectivity index (χ0v) is 14.8. The summed E-state index contributed by atoms with van der Waals surface area (Å²) in [6.45, 7) is 5.60. The number of ether oxygens (including phenoxy) is 1. The van der Waals surface area contributed by atoms with Gasteiger partial charge in [0.15, 0.2) is 0 Å². The van der Waals surface area contributed by atoms with E-state index in [4.69, 9.17) is 4.74 Å². The van der Waals surface area contributed by atoms with Crippen LogP contribution in [0.15, 0.2) is 29.2 Å². The third kappa shape index (κ3) is 8.78. The standard InChI is InChI=1S/C16H20F3NO4S/c1-15(2,3)24-9-8-12(14(22)23)20-13(21)10-4-6-11(7-5-10)25-16(17,18)19/h4-7,12H,8-9H2,1-3H3,(H,20,21)(H,22,23). The number of hydrogen-bond donors (Lipinski definition) is 2. The minimum Gasteiger partial charge on any atom is -0.480 e. The molecule has 0 saturated carbocycles. The first-order valence-corrected chi connectivity index (χ1v) is 8.22. The van der Waals surface area contributed by atoms with Crippen LogP contribution in [0.4, 0.5) is 13.2 Å². The topological polar surface area (TPSA) is 75.6 Å². The molecule has 0 spiro atoms. The van der Waals surface area contributed by atoms with Gasteiger partial charge in [0.25, 0.3) is 5.91 Å². The Morgan fingerprint density at radius 3 is 2.20 bits per heavy atom. The molecule has 2 N–H and O–H groups in total. The summed E-state index contributed by atoms with van der Waals surface area (Å²) in [4.78, 5) is 23.2. The summed E-state index contributed by atoms with van der Waals surface area (Å²) >= 11 is -0.289. The van der Waals surface area contributed by atoms with Gasteiger partial charge in [-0.1, -0.05) is 0 Å². The molecule has 0 fully saturated rings. The number of carbonyl (C=O) groups excluding carboxylic acids is 1. The molecule has 0 saturated heterocycles. The summed E-state index contributed by atoms with van der Waals surface area (Å²) in [5, 5.41) is 11.5. The lowest BCUT2D eigenvalue weighted by molar-refractivity contribution is -0.140. The Morgan fingerprint density at radius 2 is 1.76 bits per heavy atom. The minimum atomic E-state index is -4.41. The molecule has 25 heavy (non-hydrogen) atoms. The van der Waals surface area contributed by atoms with Crippen molar-refractivity contribution in [2.24, 2.45) is 0 Å². The first-order chi connectivity index (χ1) is 11.4. The van der Waals surface area contributed by atoms with Crippen LogP contribution in [0.1, 0.15) is 37.6 Å². The highest BCUT2D eigenvalue weighted by Crippen LogP contribution is 2.36. The molecule has 0 aromatic heterocycles. The fourth-order valence-electron chi connectivity index (χ4n) is 1.79. The molecule has 9 heteroatoms. The first kappa shape index (κ1) is 21.3. The van der Waals surface area contributed by atoms with Gasteiger partial charge in [0.2, 0.25) is 0 Å². The monoisotopic (exact) mass is 379 g/mol. The third-order valence-corrected chi connectivity index (χ3v) is 3.63. The van der Waals surface area contributed by atoms with Crippen LogP contribution >= 0.6 is 11.8 Å². The zero-order valence-electron chi connectivity index (χ0n) is 14.0. The van der Waals surface area contributed by atoms with E-state index in [1.807, 2.05) is 20.8 Å². The Hall–Kier alpha value is -1.74. The van der Waals surface area contributed by atoms with E-state index in [2.05, 4.69) is 5.32 Å². The van der Waals surface area contributed by atoms with Crippen molar-refractivity contribution >= 4 is 23.6 Å². The summed E-state index contributed by atoms with van der Waals surface area (Å²) in [6, 6.07) is 3.60. The maximum absolute atomic E-state index is 12.3. The van der Waals surface area contributed by atoms with Crippen molar-refractivity contribution in [3.8, 4) is 0 Å². The number of benzene rings is 1. The number of rotatable bonds is 7. The molecule has 140 valence electrons. The predicted octanol–water partition coefficient (Wildman–Crippen LogP) is 3.69. The number of carboxylic acid groups (broad SMARTS) is 1. The molecule has 0 radical (unpaired) electrons. The largest absolute Gasteiger partial charge is 0.480 e. The maximum Gasteiger partial charge on any atom is 0.446 e. The van der Waals surface area contributed by atoms with Crippen molar-refractivity contribution in [1.29, 1.82) is 0 Å². The van der Waals surface area contributed by atoms with Crippen molar-refractivity contribution in [3.05, 3.63) is 29.8 Å². The summed E-state index contributed by atoms with van der Waals surface area (Å²) in [7, 11) is 0. The highest BCUT2D eigenvalue weighted by Gasteiger charge is 2.29. The van der Waals surface area contributed by atoms with E-state index < -0.39 is 29.0 Å². The number of aliphatic carboxylic acids is 1. The van der Waals surface area contributed by atoms with E-state index in [-0.39, 0.29) is 35.2 Å². The van der Waals surface area contributed by atoms with Gasteiger partial charge in [-0.2, -0.15) is 13.2 Å². The van der Waals surface area contributed by atoms with Gasteiger partial charge in [0.1, 0.15) is 6.04 Å². The molecule has 0 bridgehead atoms. The molecular weight excluding hydrogens is 359 g/mol. The molecule has 1 unspecified atom stereocenters. The Labute approximate surface area is 147 Å². The fraction of sp³-hybridized carbons (Fsp3) is 0.500. The average molecular weight is 379 g/mol. The molecular formula is C16H20F3NO4S. The number of alkyl halides is 3. The van der Waals surface area contributed by atoms with Crippen LogP contribution < -0.4 is 5.32 Å². The lowest BCUT2D eigenvalue weighted by atomic mass is 10.1. The fourth-order valence-corrected chi connectivity index (χ4v) is 2.33. The molecule has 0 aliphatic rings. The predicted molar refractivity (Wildman–Crippen MR) is 87.6 cm³/mol. The van der Waals surface area contributed by atoms with Gasteiger partial charge in [-0.15, -0.1) is 0 Å². The van der Waals surface area contributed by atoms with Gasteiger partial charge < -0.3 is 15.2 Å². The molecule has 1 aromatic rings. The van der Waals surface area contributed by atoms with Crippen LogP contribution in [0.3, 0.4) is 0 Å². The molecule has 0 aliphatic heterocycles. The quantitative estimate of drug-likeness (QED) is 0.707. The highest BCUT2D eigenvalue weighted by atomic mass is 32.2. The lowest BCUT2D eigenvalue weighted by Crippen LogP contribution is -2.42. The van der Waals surface area contributed by atoms with E-state index in [9.17, 15) is 27.9 Å². The minimum absolute atomic E-state index is 0.0580. The number of carbonyl (C=O) groups is 2. The SMILES string of the molecule is CC(C)(C)OCCC(NC(=O)c1ccc(SC(F)(F)F)cc1)C(=O)O. The Balaban J connectivity index is 2.66. The van der Waals surface area contributed by atoms with E-state index in [1.165, 1.54) is 12.1 Å². The van der Waals surface area contributed by atoms with Crippen molar-refractivity contribution < 1.29 is 32.6 Å². The molecule has 1 rings (SSSR count). The molecule has 0 aliphatic carbocycles. The third-order valence-electron chi connectivity index (χ3n) is 2.90. The highest BCUT2D eigenvalue weighted by molar-refractivity contribution is 8.00. The molecule has 1 atom stereocenters. The summed E-state index contributed by atoms with van der Waals surface area (Å²) in [6.07, 6.45) is 0.0698. The molecule has 1 aromatic carbocycles. The second-order valence-electron chi connectivity index (χ2n) is 6.19. The summed E-state index contributed by atoms with van der Waals surface area (Å²) in [5.41, 5.74) is -4.76. The Morgan fingerprint density at radius 1 is 1.20 bits per heavy atom. The summed E-state index contributed by atoms with van der Waals surface area (Å²) in [5.74, 6) is -1.89. The molecule has 1 amide bonds. The van der Waals surface area contributed by atoms with Crippen molar-refractivity contribution in [2.45, 2.75) is 49.2 Å². The van der Waals surface area contributed by atoms with E-state index in [1.54, 1.807) is 0 Å². The smallest absolute Gasteiger partial charge is 0.446 e. The van der Waals surface area contributed by atoms with Gasteiger partial charge in [0, 0.05) is 23.5 Å². The zero-order chi connectivity index (χ0) is 19.3. The van der Waals surface area contributed by atoms with Gasteiger partial charge in [-0.3, -0.25) is 4.79 Å². The van der Waals surface area contributed by atoms with E-state index >= 15 is 0 Å². The van der Waals surface area contributed by atoms with Crippen LogP contribution in [0.2, 0.25) is 0 Å². The number of hydrogen-bond acceptors (Lipinski definition) is 4. The number of nitrogens with one attached hydrogen (secondary N) is 1. The second-order valence-corrected chi connectivity index (χ2v) is 7.32. The normalized spacial score (nSPS) is 13.4. The van der Waals surface area contributed by atoms with Crippen LogP contribution in [-0.4, -0.2) is 40.7 Å².